The van der Waals surface area contributed by atoms with Gasteiger partial charge in [0, 0.05) is 10.8 Å². The van der Waals surface area contributed by atoms with Crippen molar-refractivity contribution < 1.29 is 22.9 Å². The molecule has 0 atom stereocenters. The molecule has 0 aromatic carbocycles. The van der Waals surface area contributed by atoms with Gasteiger partial charge in [0.1, 0.15) is 5.76 Å². The number of hydrogen-bond acceptors (Lipinski definition) is 6. The van der Waals surface area contributed by atoms with Crippen LogP contribution in [0.4, 0.5) is 0 Å². The van der Waals surface area contributed by atoms with E-state index in [0.717, 1.165) is 43.0 Å². The lowest BCUT2D eigenvalue weighted by molar-refractivity contribution is -0.117. The van der Waals surface area contributed by atoms with Gasteiger partial charge >= 0.3 is 7.82 Å². The maximum absolute atomic E-state index is 12.7. The van der Waals surface area contributed by atoms with Crippen LogP contribution in [0.2, 0.25) is 0 Å². The molecule has 1 rings (SSSR count). The van der Waals surface area contributed by atoms with Crippen LogP contribution in [-0.4, -0.2) is 18.3 Å². The van der Waals surface area contributed by atoms with Crippen LogP contribution in [0.5, 0.6) is 0 Å². The fourth-order valence-electron chi connectivity index (χ4n) is 2.03. The van der Waals surface area contributed by atoms with E-state index in [1.54, 1.807) is 19.3 Å². The van der Waals surface area contributed by atoms with Gasteiger partial charge in [-0.15, -0.1) is 0 Å². The number of phosphoric acid groups is 1. The summed E-state index contributed by atoms with van der Waals surface area (Å²) in [5.74, 6) is 0.419. The van der Waals surface area contributed by atoms with Gasteiger partial charge in [0.05, 0.1) is 13.2 Å². The highest BCUT2D eigenvalue weighted by Gasteiger charge is 2.30. The number of carbonyl (C=O) groups is 1. The van der Waals surface area contributed by atoms with E-state index in [4.69, 9.17) is 13.6 Å². The summed E-state index contributed by atoms with van der Waals surface area (Å²) in [6.45, 7) is 9.49. The van der Waals surface area contributed by atoms with Crippen LogP contribution in [-0.2, 0) is 22.9 Å². The quantitative estimate of drug-likeness (QED) is 0.392. The summed E-state index contributed by atoms with van der Waals surface area (Å²) in [5, 5.41) is 1.65. The van der Waals surface area contributed by atoms with Crippen LogP contribution in [0.3, 0.4) is 0 Å². The summed E-state index contributed by atoms with van der Waals surface area (Å²) in [6, 6.07) is 0. The highest BCUT2D eigenvalue weighted by molar-refractivity contribution is 8.16. The number of thioether (sulfide) groups is 1. The smallest absolute Gasteiger partial charge is 0.403 e. The Bertz CT molecular complexity index is 524. The molecule has 0 saturated heterocycles. The Morgan fingerprint density at radius 3 is 2.33 bits per heavy atom. The Morgan fingerprint density at radius 1 is 1.25 bits per heavy atom. The second-order valence-corrected chi connectivity index (χ2v) is 8.92. The van der Waals surface area contributed by atoms with E-state index < -0.39 is 13.2 Å². The molecule has 1 aliphatic rings. The van der Waals surface area contributed by atoms with Gasteiger partial charge in [-0.05, 0) is 45.1 Å². The maximum Gasteiger partial charge on any atom is 0.530 e. The molecular weight excluding hydrogens is 347 g/mol. The summed E-state index contributed by atoms with van der Waals surface area (Å²) in [7, 11) is -3.68. The van der Waals surface area contributed by atoms with Gasteiger partial charge in [-0.2, -0.15) is 0 Å². The lowest BCUT2D eigenvalue weighted by Gasteiger charge is -2.22. The number of phosphoric ester groups is 1. The van der Waals surface area contributed by atoms with Crippen molar-refractivity contribution in [2.75, 3.05) is 13.2 Å². The molecule has 0 bridgehead atoms. The monoisotopic (exact) mass is 376 g/mol. The standard InChI is InChI=1S/C17H29O5PS/c1-6-20-23(19,21-7-2)22-15(14-11-9-8-10-12-14)13-24-16(18)17(3,4)5/h11,13H,6-10,12H2,1-5H3/b15-13-. The molecule has 1 aliphatic carbocycles. The molecule has 0 aromatic heterocycles. The SMILES string of the molecule is CCOP(=O)(OCC)O/C(=C\SC(=O)C(C)(C)C)C1=CCCCC1. The van der Waals surface area contributed by atoms with Crippen LogP contribution < -0.4 is 0 Å². The predicted octanol–water partition coefficient (Wildman–Crippen LogP) is 5.83. The average molecular weight is 376 g/mol. The van der Waals surface area contributed by atoms with Crippen molar-refractivity contribution in [2.24, 2.45) is 5.41 Å². The van der Waals surface area contributed by atoms with Crippen molar-refractivity contribution in [3.63, 3.8) is 0 Å². The van der Waals surface area contributed by atoms with Gasteiger partial charge in [-0.3, -0.25) is 13.8 Å². The average Bonchev–Trinajstić information content (AvgIpc) is 2.51. The summed E-state index contributed by atoms with van der Waals surface area (Å²) in [5.41, 5.74) is 0.492. The first kappa shape index (κ1) is 21.5. The summed E-state index contributed by atoms with van der Waals surface area (Å²) in [4.78, 5) is 12.2. The molecule has 0 saturated carbocycles. The van der Waals surface area contributed by atoms with Crippen molar-refractivity contribution in [1.29, 1.82) is 0 Å². The van der Waals surface area contributed by atoms with E-state index in [-0.39, 0.29) is 18.3 Å². The largest absolute Gasteiger partial charge is 0.530 e. The van der Waals surface area contributed by atoms with E-state index in [1.165, 1.54) is 0 Å². The number of rotatable bonds is 8. The highest BCUT2D eigenvalue weighted by atomic mass is 32.2. The van der Waals surface area contributed by atoms with Crippen LogP contribution in [0, 0.1) is 5.41 Å². The minimum absolute atomic E-state index is 0.0164. The lowest BCUT2D eigenvalue weighted by Crippen LogP contribution is -2.15. The van der Waals surface area contributed by atoms with Crippen LogP contribution in [0.15, 0.2) is 22.8 Å². The molecule has 0 N–H and O–H groups in total. The Balaban J connectivity index is 3.02. The third-order valence-corrected chi connectivity index (χ3v) is 6.00. The van der Waals surface area contributed by atoms with Crippen molar-refractivity contribution in [1.82, 2.24) is 0 Å². The molecule has 24 heavy (non-hydrogen) atoms. The normalized spacial score (nSPS) is 16.7. The zero-order valence-electron chi connectivity index (χ0n) is 15.3. The minimum atomic E-state index is -3.68. The van der Waals surface area contributed by atoms with Gasteiger partial charge in [0.2, 0.25) is 0 Å². The first-order valence-corrected chi connectivity index (χ1v) is 10.7. The molecule has 0 spiro atoms. The van der Waals surface area contributed by atoms with Gasteiger partial charge < -0.3 is 4.52 Å². The van der Waals surface area contributed by atoms with E-state index in [9.17, 15) is 9.36 Å². The molecule has 7 heteroatoms. The van der Waals surface area contributed by atoms with E-state index in [2.05, 4.69) is 6.08 Å². The molecule has 138 valence electrons. The van der Waals surface area contributed by atoms with Gasteiger partial charge in [0.15, 0.2) is 5.12 Å². The predicted molar refractivity (Wildman–Crippen MR) is 98.6 cm³/mol. The second-order valence-electron chi connectivity index (χ2n) is 6.49. The molecule has 0 fully saturated rings. The molecule has 0 aromatic rings. The van der Waals surface area contributed by atoms with E-state index >= 15 is 0 Å². The highest BCUT2D eigenvalue weighted by Crippen LogP contribution is 2.53. The topological polar surface area (TPSA) is 61.8 Å². The van der Waals surface area contributed by atoms with Gasteiger partial charge in [0.25, 0.3) is 0 Å². The van der Waals surface area contributed by atoms with E-state index in [1.807, 2.05) is 20.8 Å². The number of carbonyl (C=O) groups excluding carboxylic acids is 1. The minimum Gasteiger partial charge on any atom is -0.403 e. The fourth-order valence-corrected chi connectivity index (χ4v) is 4.09. The maximum atomic E-state index is 12.7. The second kappa shape index (κ2) is 9.81. The third kappa shape index (κ3) is 7.14. The Morgan fingerprint density at radius 2 is 1.88 bits per heavy atom. The van der Waals surface area contributed by atoms with Gasteiger partial charge in [-0.1, -0.05) is 38.6 Å². The zero-order chi connectivity index (χ0) is 18.2. The van der Waals surface area contributed by atoms with Gasteiger partial charge in [-0.25, -0.2) is 4.57 Å². The van der Waals surface area contributed by atoms with Crippen molar-refractivity contribution in [2.45, 2.75) is 60.3 Å². The van der Waals surface area contributed by atoms with Crippen molar-refractivity contribution in [3.8, 4) is 0 Å². The van der Waals surface area contributed by atoms with Crippen molar-refractivity contribution in [3.05, 3.63) is 22.8 Å². The number of hydrogen-bond donors (Lipinski definition) is 0. The van der Waals surface area contributed by atoms with Crippen LogP contribution in [0.25, 0.3) is 0 Å². The zero-order valence-corrected chi connectivity index (χ0v) is 17.0. The van der Waals surface area contributed by atoms with Crippen LogP contribution in [0.1, 0.15) is 60.3 Å². The fraction of sp³-hybridized carbons (Fsp3) is 0.706. The first-order chi connectivity index (χ1) is 11.2. The summed E-state index contributed by atoms with van der Waals surface area (Å²) in [6.07, 6.45) is 6.01. The number of allylic oxidation sites excluding steroid dienone is 2. The molecule has 0 amide bonds. The lowest BCUT2D eigenvalue weighted by atomic mass is 9.99. The third-order valence-electron chi connectivity index (χ3n) is 3.28. The van der Waals surface area contributed by atoms with Crippen LogP contribution >= 0.6 is 19.6 Å². The van der Waals surface area contributed by atoms with Crippen molar-refractivity contribution >= 4 is 24.7 Å². The molecule has 0 heterocycles. The first-order valence-electron chi connectivity index (χ1n) is 8.41. The molecule has 5 nitrogen and oxygen atoms in total. The Hall–Kier alpha value is -0.550. The molecular formula is C17H29O5PS. The summed E-state index contributed by atoms with van der Waals surface area (Å²) >= 11 is 1.06. The molecule has 0 aliphatic heterocycles. The molecule has 0 unspecified atom stereocenters. The molecule has 0 radical (unpaired) electrons. The Labute approximate surface area is 149 Å². The van der Waals surface area contributed by atoms with E-state index in [0.29, 0.717) is 5.76 Å². The summed E-state index contributed by atoms with van der Waals surface area (Å²) < 4.78 is 28.8. The Kier molecular flexibility index (Phi) is 8.78.